The van der Waals surface area contributed by atoms with E-state index in [1.54, 1.807) is 6.08 Å². The summed E-state index contributed by atoms with van der Waals surface area (Å²) in [5, 5.41) is 33.5. The van der Waals surface area contributed by atoms with Gasteiger partial charge < -0.3 is 20.6 Å². The summed E-state index contributed by atoms with van der Waals surface area (Å²) in [5.74, 6) is -0.319. The summed E-state index contributed by atoms with van der Waals surface area (Å²) in [6.45, 7) is 4.24. The highest BCUT2D eigenvalue weighted by atomic mass is 16.3. The summed E-state index contributed by atoms with van der Waals surface area (Å²) in [7, 11) is 0. The molecule has 3 atom stereocenters. The number of amides is 1. The molecule has 0 fully saturated rings. The first-order valence-corrected chi connectivity index (χ1v) is 28.6. The minimum atomic E-state index is -0.950. The molecule has 5 heteroatoms. The molecule has 0 aliphatic carbocycles. The van der Waals surface area contributed by atoms with Crippen LogP contribution < -0.4 is 5.32 Å². The summed E-state index contributed by atoms with van der Waals surface area (Å²) < 4.78 is 0. The highest BCUT2D eigenvalue weighted by molar-refractivity contribution is 5.76. The van der Waals surface area contributed by atoms with E-state index in [9.17, 15) is 20.1 Å². The minimum absolute atomic E-state index is 0.0105. The summed E-state index contributed by atoms with van der Waals surface area (Å²) in [6.07, 6.45) is 68.0. The van der Waals surface area contributed by atoms with Crippen LogP contribution in [0.5, 0.6) is 0 Å². The molecule has 0 radical (unpaired) electrons. The molecule has 0 aromatic heterocycles. The highest BCUT2D eigenvalue weighted by Gasteiger charge is 2.20. The Kier molecular flexibility index (Phi) is 52.5. The van der Waals surface area contributed by atoms with Gasteiger partial charge in [0.15, 0.2) is 0 Å². The topological polar surface area (TPSA) is 89.8 Å². The fraction of sp³-hybridized carbons (Fsp3) is 0.914. The Labute approximate surface area is 394 Å². The predicted molar refractivity (Wildman–Crippen MR) is 278 cm³/mol. The van der Waals surface area contributed by atoms with Crippen molar-refractivity contribution in [3.8, 4) is 0 Å². The fourth-order valence-electron chi connectivity index (χ4n) is 9.12. The lowest BCUT2D eigenvalue weighted by Crippen LogP contribution is -2.45. The van der Waals surface area contributed by atoms with Crippen molar-refractivity contribution in [3.63, 3.8) is 0 Å². The van der Waals surface area contributed by atoms with Gasteiger partial charge in [-0.05, 0) is 32.1 Å². The first-order chi connectivity index (χ1) is 31.0. The van der Waals surface area contributed by atoms with Gasteiger partial charge in [-0.2, -0.15) is 0 Å². The number of carbonyl (C=O) groups is 1. The van der Waals surface area contributed by atoms with Gasteiger partial charge in [0.2, 0.25) is 5.91 Å². The number of unbranched alkanes of at least 4 members (excludes halogenated alkanes) is 42. The Morgan fingerprint density at radius 1 is 0.397 bits per heavy atom. The molecule has 63 heavy (non-hydrogen) atoms. The standard InChI is InChI=1S/C58H113NO4/c1-3-5-7-9-11-13-15-17-19-21-23-25-27-28-30-32-34-36-38-40-42-44-46-48-50-52-57(62)56(54-60)59-58(63)53-55(61)51-49-47-45-43-41-39-37-35-33-31-29-26-24-22-20-18-16-14-12-10-8-6-4-2/h42,44,50,52,55-57,60-62H,3-41,43,45-49,51,53-54H2,1-2H3,(H,59,63)/b44-42+,52-50+. The van der Waals surface area contributed by atoms with Gasteiger partial charge in [0.05, 0.1) is 31.3 Å². The molecule has 0 aliphatic rings. The van der Waals surface area contributed by atoms with Crippen molar-refractivity contribution in [2.24, 2.45) is 0 Å². The van der Waals surface area contributed by atoms with Crippen LogP contribution in [0.3, 0.4) is 0 Å². The third-order valence-corrected chi connectivity index (χ3v) is 13.5. The molecule has 0 heterocycles. The molecule has 0 aliphatic heterocycles. The minimum Gasteiger partial charge on any atom is -0.394 e. The van der Waals surface area contributed by atoms with Crippen LogP contribution in [-0.4, -0.2) is 46.1 Å². The molecule has 0 spiro atoms. The fourth-order valence-corrected chi connectivity index (χ4v) is 9.12. The van der Waals surface area contributed by atoms with Crippen LogP contribution in [0, 0.1) is 0 Å². The second-order valence-corrected chi connectivity index (χ2v) is 19.9. The molecule has 0 aromatic rings. The van der Waals surface area contributed by atoms with E-state index in [1.165, 1.54) is 257 Å². The molecule has 0 saturated heterocycles. The van der Waals surface area contributed by atoms with Crippen LogP contribution in [0.2, 0.25) is 0 Å². The van der Waals surface area contributed by atoms with Crippen molar-refractivity contribution in [1.82, 2.24) is 5.32 Å². The maximum atomic E-state index is 12.5. The zero-order valence-electron chi connectivity index (χ0n) is 42.7. The summed E-state index contributed by atoms with van der Waals surface area (Å²) in [6, 6.07) is -0.759. The number of hydrogen-bond donors (Lipinski definition) is 4. The van der Waals surface area contributed by atoms with Gasteiger partial charge >= 0.3 is 0 Å². The first kappa shape index (κ1) is 61.8. The van der Waals surface area contributed by atoms with Crippen molar-refractivity contribution in [1.29, 1.82) is 0 Å². The molecule has 1 amide bonds. The normalized spacial score (nSPS) is 13.4. The van der Waals surface area contributed by atoms with Crippen LogP contribution in [0.4, 0.5) is 0 Å². The molecule has 5 nitrogen and oxygen atoms in total. The van der Waals surface area contributed by atoms with Crippen molar-refractivity contribution in [2.45, 2.75) is 334 Å². The Morgan fingerprint density at radius 3 is 1.02 bits per heavy atom. The SMILES string of the molecule is CCCCCCCCCCCCCCCCCCCCC/C=C/CC/C=C/C(O)C(CO)NC(=O)CC(O)CCCCCCCCCCCCCCCCCCCCCCCCC. The maximum Gasteiger partial charge on any atom is 0.222 e. The van der Waals surface area contributed by atoms with Crippen LogP contribution in [0.25, 0.3) is 0 Å². The average Bonchev–Trinajstić information content (AvgIpc) is 3.28. The van der Waals surface area contributed by atoms with Gasteiger partial charge in [0, 0.05) is 0 Å². The number of hydrogen-bond acceptors (Lipinski definition) is 4. The van der Waals surface area contributed by atoms with Crippen LogP contribution in [0.15, 0.2) is 24.3 Å². The average molecular weight is 889 g/mol. The van der Waals surface area contributed by atoms with E-state index in [-0.39, 0.29) is 18.9 Å². The molecule has 4 N–H and O–H groups in total. The van der Waals surface area contributed by atoms with Crippen LogP contribution in [0.1, 0.15) is 316 Å². The maximum absolute atomic E-state index is 12.5. The quantitative estimate of drug-likeness (QED) is 0.0362. The van der Waals surface area contributed by atoms with Crippen molar-refractivity contribution in [3.05, 3.63) is 24.3 Å². The Bertz CT molecular complexity index is 936. The Morgan fingerprint density at radius 2 is 0.683 bits per heavy atom. The number of rotatable bonds is 53. The number of carbonyl (C=O) groups excluding carboxylic acids is 1. The molecule has 0 bridgehead atoms. The van der Waals surface area contributed by atoms with Crippen molar-refractivity contribution < 1.29 is 20.1 Å². The van der Waals surface area contributed by atoms with Crippen molar-refractivity contribution >= 4 is 5.91 Å². The van der Waals surface area contributed by atoms with Gasteiger partial charge in [-0.25, -0.2) is 0 Å². The van der Waals surface area contributed by atoms with Gasteiger partial charge in [0.1, 0.15) is 0 Å². The van der Waals surface area contributed by atoms with E-state index >= 15 is 0 Å². The molecular weight excluding hydrogens is 775 g/mol. The van der Waals surface area contributed by atoms with Crippen LogP contribution >= 0.6 is 0 Å². The Hall–Kier alpha value is -1.17. The lowest BCUT2D eigenvalue weighted by atomic mass is 10.0. The second kappa shape index (κ2) is 53.4. The number of aliphatic hydroxyl groups excluding tert-OH is 3. The second-order valence-electron chi connectivity index (χ2n) is 19.9. The lowest BCUT2D eigenvalue weighted by molar-refractivity contribution is -0.124. The van der Waals surface area contributed by atoms with Gasteiger partial charge in [-0.15, -0.1) is 0 Å². The molecule has 0 rings (SSSR count). The van der Waals surface area contributed by atoms with E-state index in [4.69, 9.17) is 0 Å². The summed E-state index contributed by atoms with van der Waals surface area (Å²) in [4.78, 5) is 12.5. The molecule has 374 valence electrons. The van der Waals surface area contributed by atoms with Crippen molar-refractivity contribution in [2.75, 3.05) is 6.61 Å². The predicted octanol–water partition coefficient (Wildman–Crippen LogP) is 17.7. The Balaban J connectivity index is 3.58. The number of aliphatic hydroxyl groups is 3. The van der Waals surface area contributed by atoms with Gasteiger partial charge in [-0.3, -0.25) is 4.79 Å². The number of nitrogens with one attached hydrogen (secondary N) is 1. The lowest BCUT2D eigenvalue weighted by Gasteiger charge is -2.21. The highest BCUT2D eigenvalue weighted by Crippen LogP contribution is 2.18. The zero-order valence-corrected chi connectivity index (χ0v) is 42.7. The first-order valence-electron chi connectivity index (χ1n) is 28.6. The van der Waals surface area contributed by atoms with Crippen LogP contribution in [-0.2, 0) is 4.79 Å². The van der Waals surface area contributed by atoms with E-state index in [1.807, 2.05) is 6.08 Å². The molecule has 3 unspecified atom stereocenters. The summed E-state index contributed by atoms with van der Waals surface area (Å²) >= 11 is 0. The summed E-state index contributed by atoms with van der Waals surface area (Å²) in [5.41, 5.74) is 0. The van der Waals surface area contributed by atoms with E-state index in [2.05, 4.69) is 31.3 Å². The molecule has 0 saturated carbocycles. The largest absolute Gasteiger partial charge is 0.394 e. The van der Waals surface area contributed by atoms with Gasteiger partial charge in [-0.1, -0.05) is 301 Å². The van der Waals surface area contributed by atoms with E-state index in [0.29, 0.717) is 6.42 Å². The van der Waals surface area contributed by atoms with Gasteiger partial charge in [0.25, 0.3) is 0 Å². The molecule has 0 aromatic carbocycles. The number of allylic oxidation sites excluding steroid dienone is 3. The zero-order chi connectivity index (χ0) is 45.8. The monoisotopic (exact) mass is 888 g/mol. The van der Waals surface area contributed by atoms with E-state index < -0.39 is 18.2 Å². The third-order valence-electron chi connectivity index (χ3n) is 13.5. The molecular formula is C58H113NO4. The smallest absolute Gasteiger partial charge is 0.222 e. The third kappa shape index (κ3) is 50.1. The van der Waals surface area contributed by atoms with E-state index in [0.717, 1.165) is 32.1 Å².